The highest BCUT2D eigenvalue weighted by atomic mass is 31.2. The second-order valence-electron chi connectivity index (χ2n) is 11.4. The first-order chi connectivity index (χ1) is 22.2. The Kier molecular flexibility index (Phi) is 5.74. The van der Waals surface area contributed by atoms with E-state index in [-0.39, 0.29) is 0 Å². The van der Waals surface area contributed by atoms with E-state index in [1.54, 1.807) is 12.4 Å². The number of imidazole rings is 1. The second kappa shape index (κ2) is 9.99. The summed E-state index contributed by atoms with van der Waals surface area (Å²) >= 11 is 0. The van der Waals surface area contributed by atoms with Crippen molar-refractivity contribution in [3.05, 3.63) is 158 Å². The van der Waals surface area contributed by atoms with E-state index in [1.807, 2.05) is 66.7 Å². The summed E-state index contributed by atoms with van der Waals surface area (Å²) in [7, 11) is -3.36. The molecule has 9 rings (SSSR count). The van der Waals surface area contributed by atoms with Gasteiger partial charge in [-0.25, -0.2) is 4.98 Å². The average Bonchev–Trinajstić information content (AvgIpc) is 3.51. The second-order valence-corrected chi connectivity index (χ2v) is 14.1. The summed E-state index contributed by atoms with van der Waals surface area (Å²) in [6.45, 7) is 0. The van der Waals surface area contributed by atoms with Crippen molar-refractivity contribution in [2.45, 2.75) is 0 Å². The molecule has 4 nitrogen and oxygen atoms in total. The molecule has 1 unspecified atom stereocenters. The van der Waals surface area contributed by atoms with Crippen molar-refractivity contribution in [1.29, 1.82) is 0 Å². The summed E-state index contributed by atoms with van der Waals surface area (Å²) in [5.74, 6) is 0. The summed E-state index contributed by atoms with van der Waals surface area (Å²) in [6, 6.07) is 49.4. The van der Waals surface area contributed by atoms with Crippen molar-refractivity contribution in [1.82, 2.24) is 14.4 Å². The third-order valence-electron chi connectivity index (χ3n) is 8.95. The van der Waals surface area contributed by atoms with Gasteiger partial charge in [-0.1, -0.05) is 115 Å². The molecule has 0 amide bonds. The van der Waals surface area contributed by atoms with E-state index in [1.165, 1.54) is 0 Å². The van der Waals surface area contributed by atoms with E-state index in [2.05, 4.69) is 88.2 Å². The molecule has 0 aliphatic heterocycles. The highest BCUT2D eigenvalue weighted by Gasteiger charge is 2.32. The molecule has 0 bridgehead atoms. The van der Waals surface area contributed by atoms with Gasteiger partial charge in [0, 0.05) is 44.5 Å². The Morgan fingerprint density at radius 3 is 2.02 bits per heavy atom. The number of rotatable bonds is 4. The van der Waals surface area contributed by atoms with Crippen molar-refractivity contribution in [2.75, 3.05) is 0 Å². The van der Waals surface area contributed by atoms with E-state index in [0.717, 1.165) is 76.2 Å². The molecule has 212 valence electrons. The Hall–Kier alpha value is -5.57. The third-order valence-corrected chi connectivity index (χ3v) is 12.0. The van der Waals surface area contributed by atoms with Gasteiger partial charge in [0.25, 0.3) is 0 Å². The molecule has 9 aromatic rings. The van der Waals surface area contributed by atoms with Crippen LogP contribution in [-0.2, 0) is 4.57 Å². The molecule has 0 fully saturated rings. The third kappa shape index (κ3) is 3.83. The summed E-state index contributed by atoms with van der Waals surface area (Å²) < 4.78 is 18.3. The first-order valence-electron chi connectivity index (χ1n) is 15.0. The monoisotopic (exact) mass is 595 g/mol. The molecular weight excluding hydrogens is 569 g/mol. The van der Waals surface area contributed by atoms with Gasteiger partial charge >= 0.3 is 0 Å². The van der Waals surface area contributed by atoms with Crippen LogP contribution < -0.4 is 15.9 Å². The van der Waals surface area contributed by atoms with E-state index < -0.39 is 7.14 Å². The Labute approximate surface area is 259 Å². The minimum absolute atomic E-state index is 0.793. The van der Waals surface area contributed by atoms with Gasteiger partial charge in [0.2, 0.25) is 0 Å². The topological polar surface area (TPSA) is 47.3 Å². The number of pyridine rings is 2. The first-order valence-corrected chi connectivity index (χ1v) is 16.7. The molecule has 3 aromatic heterocycles. The fraction of sp³-hybridized carbons (Fsp3) is 0. The van der Waals surface area contributed by atoms with Crippen molar-refractivity contribution in [2.24, 2.45) is 0 Å². The van der Waals surface area contributed by atoms with E-state index in [4.69, 9.17) is 4.98 Å². The largest absolute Gasteiger partial charge is 0.309 e. The molecule has 0 saturated heterocycles. The summed E-state index contributed by atoms with van der Waals surface area (Å²) in [6.07, 6.45) is 3.59. The molecule has 6 aromatic carbocycles. The first kappa shape index (κ1) is 25.9. The van der Waals surface area contributed by atoms with Crippen LogP contribution in [0.15, 0.2) is 158 Å². The zero-order valence-electron chi connectivity index (χ0n) is 24.2. The lowest BCUT2D eigenvalue weighted by Crippen LogP contribution is -2.25. The van der Waals surface area contributed by atoms with Gasteiger partial charge < -0.3 is 4.57 Å². The van der Waals surface area contributed by atoms with E-state index in [0.29, 0.717) is 0 Å². The smallest absolute Gasteiger partial charge is 0.171 e. The Morgan fingerprint density at radius 2 is 1.20 bits per heavy atom. The highest BCUT2D eigenvalue weighted by molar-refractivity contribution is 7.85. The normalized spacial score (nSPS) is 13.2. The molecule has 1 atom stereocenters. The highest BCUT2D eigenvalue weighted by Crippen LogP contribution is 2.47. The van der Waals surface area contributed by atoms with Crippen LogP contribution in [-0.4, -0.2) is 14.4 Å². The molecule has 0 aliphatic rings. The maximum atomic E-state index is 16.1. The van der Waals surface area contributed by atoms with E-state index >= 15 is 4.57 Å². The lowest BCUT2D eigenvalue weighted by Gasteiger charge is -2.23. The quantitative estimate of drug-likeness (QED) is 0.151. The Balaban J connectivity index is 1.43. The summed E-state index contributed by atoms with van der Waals surface area (Å²) in [4.78, 5) is 9.39. The van der Waals surface area contributed by atoms with Crippen LogP contribution in [0.3, 0.4) is 0 Å². The van der Waals surface area contributed by atoms with Crippen LogP contribution in [0.4, 0.5) is 0 Å². The van der Waals surface area contributed by atoms with Crippen LogP contribution in [0.1, 0.15) is 0 Å². The average molecular weight is 596 g/mol. The maximum Gasteiger partial charge on any atom is 0.171 e. The Morgan fingerprint density at radius 1 is 0.511 bits per heavy atom. The number of nitrogens with zero attached hydrogens (tertiary/aromatic N) is 3. The SMILES string of the molecule is O=P(c1ccccc1)(c1ccc(-c2ccncc2)cc1)c1cccc2ccc3c4ccccc4n4c5ccccc5nc4c3c12. The van der Waals surface area contributed by atoms with Crippen molar-refractivity contribution < 1.29 is 4.57 Å². The van der Waals surface area contributed by atoms with Gasteiger partial charge in [-0.2, -0.15) is 0 Å². The molecular formula is C40H26N3OP. The van der Waals surface area contributed by atoms with Crippen LogP contribution in [0.2, 0.25) is 0 Å². The zero-order chi connectivity index (χ0) is 30.0. The van der Waals surface area contributed by atoms with Crippen LogP contribution in [0, 0.1) is 0 Å². The molecule has 0 radical (unpaired) electrons. The predicted molar refractivity (Wildman–Crippen MR) is 188 cm³/mol. The van der Waals surface area contributed by atoms with Gasteiger partial charge in [0.15, 0.2) is 7.14 Å². The molecule has 5 heteroatoms. The predicted octanol–water partition coefficient (Wildman–Crippen LogP) is 8.65. The number of hydrogen-bond acceptors (Lipinski definition) is 3. The lowest BCUT2D eigenvalue weighted by molar-refractivity contribution is 0.592. The van der Waals surface area contributed by atoms with Crippen molar-refractivity contribution in [3.8, 4) is 11.1 Å². The van der Waals surface area contributed by atoms with Gasteiger partial charge in [-0.3, -0.25) is 9.38 Å². The number of aromatic nitrogens is 3. The number of benzene rings is 6. The molecule has 0 aliphatic carbocycles. The van der Waals surface area contributed by atoms with Crippen molar-refractivity contribution >= 4 is 72.2 Å². The van der Waals surface area contributed by atoms with Gasteiger partial charge in [-0.05, 0) is 52.2 Å². The van der Waals surface area contributed by atoms with Crippen LogP contribution >= 0.6 is 7.14 Å². The minimum Gasteiger partial charge on any atom is -0.309 e. The van der Waals surface area contributed by atoms with E-state index in [9.17, 15) is 0 Å². The minimum atomic E-state index is -3.36. The van der Waals surface area contributed by atoms with Gasteiger partial charge in [0.1, 0.15) is 5.65 Å². The van der Waals surface area contributed by atoms with Gasteiger partial charge in [0.05, 0.1) is 16.6 Å². The van der Waals surface area contributed by atoms with Crippen LogP contribution in [0.25, 0.3) is 60.3 Å². The number of para-hydroxylation sites is 3. The fourth-order valence-corrected chi connectivity index (χ4v) is 9.75. The fourth-order valence-electron chi connectivity index (χ4n) is 6.89. The zero-order valence-corrected chi connectivity index (χ0v) is 25.1. The number of fused-ring (bicyclic) bond motifs is 10. The van der Waals surface area contributed by atoms with Crippen molar-refractivity contribution in [3.63, 3.8) is 0 Å². The lowest BCUT2D eigenvalue weighted by atomic mass is 9.99. The molecule has 0 saturated carbocycles. The standard InChI is InChI=1S/C40H26N3OP/c44-45(30-10-2-1-3-11-30,31-20-17-27(18-21-31)28-23-25-41-26-24-28)37-16-8-9-29-19-22-33-32-12-4-6-14-35(32)43-36-15-7-5-13-34(36)42-40(43)39(33)38(29)37/h1-26H. The molecule has 0 spiro atoms. The van der Waals surface area contributed by atoms with Crippen LogP contribution in [0.5, 0.6) is 0 Å². The maximum absolute atomic E-state index is 16.1. The summed E-state index contributed by atoms with van der Waals surface area (Å²) in [5, 5.41) is 7.68. The summed E-state index contributed by atoms with van der Waals surface area (Å²) in [5.41, 5.74) is 6.09. The Bertz CT molecular complexity index is 2610. The molecule has 45 heavy (non-hydrogen) atoms. The number of hydrogen-bond donors (Lipinski definition) is 0. The molecule has 3 heterocycles. The molecule has 0 N–H and O–H groups in total. The van der Waals surface area contributed by atoms with Gasteiger partial charge in [-0.15, -0.1) is 0 Å².